The number of nitrogens with zero attached hydrogens (tertiary/aromatic N) is 2. The van der Waals surface area contributed by atoms with Gasteiger partial charge in [0.2, 0.25) is 11.8 Å². The molecule has 0 aromatic heterocycles. The van der Waals surface area contributed by atoms with Gasteiger partial charge in [-0.25, -0.2) is 0 Å². The van der Waals surface area contributed by atoms with Crippen LogP contribution in [-0.4, -0.2) is 67.6 Å². The highest BCUT2D eigenvalue weighted by molar-refractivity contribution is 5.94. The third-order valence-electron chi connectivity index (χ3n) is 4.60. The number of amides is 2. The second-order valence-corrected chi connectivity index (χ2v) is 7.77. The molecule has 0 bridgehead atoms. The van der Waals surface area contributed by atoms with Crippen LogP contribution in [0.4, 0.5) is 5.69 Å². The van der Waals surface area contributed by atoms with Crippen molar-refractivity contribution in [1.29, 1.82) is 0 Å². The highest BCUT2D eigenvalue weighted by atomic mass is 16.5. The molecule has 0 saturated carbocycles. The molecule has 144 valence electrons. The Hall–Kier alpha value is -1.92. The van der Waals surface area contributed by atoms with Crippen LogP contribution in [-0.2, 0) is 19.7 Å². The molecule has 2 amide bonds. The first kappa shape index (κ1) is 20.4. The van der Waals surface area contributed by atoms with E-state index in [4.69, 9.17) is 4.74 Å². The molecule has 6 nitrogen and oxygen atoms in total. The molecule has 1 aliphatic rings. The molecule has 1 N–H and O–H groups in total. The van der Waals surface area contributed by atoms with Crippen LogP contribution >= 0.6 is 0 Å². The molecule has 0 aliphatic carbocycles. The summed E-state index contributed by atoms with van der Waals surface area (Å²) in [6, 6.07) is 7.86. The summed E-state index contributed by atoms with van der Waals surface area (Å²) in [6.07, 6.45) is 0. The number of hydrogen-bond donors (Lipinski definition) is 1. The first-order chi connectivity index (χ1) is 12.3. The number of anilines is 1. The molecule has 1 fully saturated rings. The predicted molar refractivity (Wildman–Crippen MR) is 103 cm³/mol. The third kappa shape index (κ3) is 6.42. The van der Waals surface area contributed by atoms with Gasteiger partial charge in [-0.15, -0.1) is 0 Å². The Morgan fingerprint density at radius 1 is 1.15 bits per heavy atom. The summed E-state index contributed by atoms with van der Waals surface area (Å²) in [6.45, 7) is 12.5. The van der Waals surface area contributed by atoms with Crippen molar-refractivity contribution in [3.63, 3.8) is 0 Å². The Labute approximate surface area is 156 Å². The van der Waals surface area contributed by atoms with Crippen molar-refractivity contribution in [1.82, 2.24) is 9.80 Å². The van der Waals surface area contributed by atoms with Crippen LogP contribution in [0.2, 0.25) is 0 Å². The van der Waals surface area contributed by atoms with Gasteiger partial charge in [-0.3, -0.25) is 14.5 Å². The zero-order chi connectivity index (χ0) is 19.2. The number of morpholine rings is 1. The summed E-state index contributed by atoms with van der Waals surface area (Å²) < 4.78 is 5.33. The highest BCUT2D eigenvalue weighted by Gasteiger charge is 2.17. The molecule has 0 radical (unpaired) electrons. The lowest BCUT2D eigenvalue weighted by Crippen LogP contribution is -2.44. The Morgan fingerprint density at radius 2 is 1.77 bits per heavy atom. The van der Waals surface area contributed by atoms with E-state index >= 15 is 0 Å². The van der Waals surface area contributed by atoms with Gasteiger partial charge in [0.05, 0.1) is 19.8 Å². The van der Waals surface area contributed by atoms with Crippen LogP contribution in [0.3, 0.4) is 0 Å². The van der Waals surface area contributed by atoms with E-state index in [2.05, 4.69) is 31.0 Å². The molecule has 0 atom stereocenters. The van der Waals surface area contributed by atoms with Crippen LogP contribution in [0.1, 0.15) is 33.3 Å². The summed E-state index contributed by atoms with van der Waals surface area (Å²) in [4.78, 5) is 28.0. The van der Waals surface area contributed by atoms with Crippen LogP contribution in [0.15, 0.2) is 24.3 Å². The van der Waals surface area contributed by atoms with E-state index in [0.717, 1.165) is 38.5 Å². The summed E-state index contributed by atoms with van der Waals surface area (Å²) >= 11 is 0. The molecular formula is C20H31N3O3. The number of carbonyl (C=O) groups is 2. The van der Waals surface area contributed by atoms with E-state index in [-0.39, 0.29) is 23.8 Å². The molecule has 1 aliphatic heterocycles. The molecule has 1 saturated heterocycles. The van der Waals surface area contributed by atoms with E-state index in [9.17, 15) is 9.59 Å². The van der Waals surface area contributed by atoms with E-state index in [1.54, 1.807) is 4.90 Å². The average molecular weight is 361 g/mol. The van der Waals surface area contributed by atoms with Crippen LogP contribution in [0.25, 0.3) is 0 Å². The van der Waals surface area contributed by atoms with Crippen molar-refractivity contribution >= 4 is 17.5 Å². The molecule has 6 heteroatoms. The topological polar surface area (TPSA) is 61.9 Å². The first-order valence-electron chi connectivity index (χ1n) is 9.22. The van der Waals surface area contributed by atoms with Crippen LogP contribution in [0.5, 0.6) is 0 Å². The van der Waals surface area contributed by atoms with Crippen LogP contribution in [0, 0.1) is 0 Å². The zero-order valence-electron chi connectivity index (χ0n) is 16.4. The molecular weight excluding hydrogens is 330 g/mol. The minimum Gasteiger partial charge on any atom is -0.379 e. The number of rotatable bonds is 6. The Balaban J connectivity index is 1.85. The third-order valence-corrected chi connectivity index (χ3v) is 4.60. The molecule has 0 unspecified atom stereocenters. The molecule has 26 heavy (non-hydrogen) atoms. The summed E-state index contributed by atoms with van der Waals surface area (Å²) in [7, 11) is 0. The van der Waals surface area contributed by atoms with Crippen molar-refractivity contribution in [3.8, 4) is 0 Å². The van der Waals surface area contributed by atoms with Gasteiger partial charge < -0.3 is 15.0 Å². The minimum absolute atomic E-state index is 0.0701. The van der Waals surface area contributed by atoms with Crippen molar-refractivity contribution in [3.05, 3.63) is 29.8 Å². The van der Waals surface area contributed by atoms with Gasteiger partial charge in [-0.05, 0) is 23.1 Å². The van der Waals surface area contributed by atoms with Crippen molar-refractivity contribution in [2.24, 2.45) is 0 Å². The predicted octanol–water partition coefficient (Wildman–Crippen LogP) is 2.10. The quantitative estimate of drug-likeness (QED) is 0.843. The number of benzene rings is 1. The van der Waals surface area contributed by atoms with E-state index in [0.29, 0.717) is 6.54 Å². The maximum absolute atomic E-state index is 12.3. The summed E-state index contributed by atoms with van der Waals surface area (Å²) in [5.74, 6) is -0.262. The fraction of sp³-hybridized carbons (Fsp3) is 0.600. The summed E-state index contributed by atoms with van der Waals surface area (Å²) in [5.41, 5.74) is 2.04. The van der Waals surface area contributed by atoms with Gasteiger partial charge in [0.1, 0.15) is 0 Å². The Morgan fingerprint density at radius 3 is 2.31 bits per heavy atom. The second-order valence-electron chi connectivity index (χ2n) is 7.77. The number of nitrogens with one attached hydrogen (secondary N) is 1. The van der Waals surface area contributed by atoms with E-state index < -0.39 is 0 Å². The molecule has 2 rings (SSSR count). The smallest absolute Gasteiger partial charge is 0.243 e. The lowest BCUT2D eigenvalue weighted by molar-refractivity contribution is -0.133. The Bertz CT molecular complexity index is 602. The standard InChI is InChI=1S/C20H31N3O3/c1-16(24)23(10-9-22-11-13-26-14-12-22)15-19(25)21-18-7-5-17(6-8-18)20(2,3)4/h5-8H,9-15H2,1-4H3,(H,21,25). The fourth-order valence-corrected chi connectivity index (χ4v) is 2.86. The molecule has 0 spiro atoms. The van der Waals surface area contributed by atoms with Crippen molar-refractivity contribution < 1.29 is 14.3 Å². The zero-order valence-corrected chi connectivity index (χ0v) is 16.4. The maximum Gasteiger partial charge on any atom is 0.243 e. The highest BCUT2D eigenvalue weighted by Crippen LogP contribution is 2.23. The maximum atomic E-state index is 12.3. The largest absolute Gasteiger partial charge is 0.379 e. The van der Waals surface area contributed by atoms with Crippen LogP contribution < -0.4 is 5.32 Å². The Kier molecular flexibility index (Phi) is 7.17. The number of carbonyl (C=O) groups excluding carboxylic acids is 2. The summed E-state index contributed by atoms with van der Waals surface area (Å²) in [5, 5.41) is 2.88. The van der Waals surface area contributed by atoms with Crippen molar-refractivity contribution in [2.45, 2.75) is 33.1 Å². The van der Waals surface area contributed by atoms with Gasteiger partial charge in [0, 0.05) is 38.8 Å². The lowest BCUT2D eigenvalue weighted by Gasteiger charge is -2.29. The number of hydrogen-bond acceptors (Lipinski definition) is 4. The minimum atomic E-state index is -0.175. The van der Waals surface area contributed by atoms with Crippen molar-refractivity contribution in [2.75, 3.05) is 51.3 Å². The number of ether oxygens (including phenoxy) is 1. The molecule has 1 heterocycles. The molecule has 1 aromatic rings. The van der Waals surface area contributed by atoms with Gasteiger partial charge in [0.15, 0.2) is 0 Å². The molecule has 1 aromatic carbocycles. The first-order valence-corrected chi connectivity index (χ1v) is 9.22. The van der Waals surface area contributed by atoms with E-state index in [1.807, 2.05) is 24.3 Å². The van der Waals surface area contributed by atoms with Gasteiger partial charge in [-0.1, -0.05) is 32.9 Å². The lowest BCUT2D eigenvalue weighted by atomic mass is 9.87. The van der Waals surface area contributed by atoms with Gasteiger partial charge >= 0.3 is 0 Å². The second kappa shape index (κ2) is 9.14. The van der Waals surface area contributed by atoms with E-state index in [1.165, 1.54) is 12.5 Å². The monoisotopic (exact) mass is 361 g/mol. The van der Waals surface area contributed by atoms with Gasteiger partial charge in [-0.2, -0.15) is 0 Å². The van der Waals surface area contributed by atoms with Gasteiger partial charge in [0.25, 0.3) is 0 Å². The normalized spacial score (nSPS) is 15.5. The SMILES string of the molecule is CC(=O)N(CCN1CCOCC1)CC(=O)Nc1ccc(C(C)(C)C)cc1. The average Bonchev–Trinajstić information content (AvgIpc) is 2.59. The fourth-order valence-electron chi connectivity index (χ4n) is 2.86.